The average molecular weight is 376 g/mol. The zero-order valence-corrected chi connectivity index (χ0v) is 15.7. The van der Waals surface area contributed by atoms with Crippen molar-refractivity contribution in [1.29, 1.82) is 0 Å². The Morgan fingerprint density at radius 3 is 2.84 bits per heavy atom. The molecule has 4 rings (SSSR count). The van der Waals surface area contributed by atoms with Gasteiger partial charge in [-0.2, -0.15) is 0 Å². The van der Waals surface area contributed by atoms with Gasteiger partial charge in [-0.25, -0.2) is 0 Å². The van der Waals surface area contributed by atoms with Crippen molar-refractivity contribution < 1.29 is 14.3 Å². The number of amides is 1. The molecule has 2 heterocycles. The Kier molecular flexibility index (Phi) is 4.99. The minimum Gasteiger partial charge on any atom is -0.454 e. The molecule has 0 bridgehead atoms. The maximum Gasteiger partial charge on any atom is 0.266 e. The molecule has 0 atom stereocenters. The van der Waals surface area contributed by atoms with E-state index in [4.69, 9.17) is 21.7 Å². The molecule has 2 aliphatic heterocycles. The molecule has 3 aliphatic rings. The van der Waals surface area contributed by atoms with E-state index >= 15 is 0 Å². The first-order valence-electron chi connectivity index (χ1n) is 8.86. The van der Waals surface area contributed by atoms with Gasteiger partial charge in [-0.1, -0.05) is 62.2 Å². The molecular weight excluding hydrogens is 354 g/mol. The highest BCUT2D eigenvalue weighted by Gasteiger charge is 2.32. The molecule has 1 saturated heterocycles. The summed E-state index contributed by atoms with van der Waals surface area (Å²) in [5.74, 6) is 2.25. The summed E-state index contributed by atoms with van der Waals surface area (Å²) < 4.78 is 11.4. The monoisotopic (exact) mass is 375 g/mol. The van der Waals surface area contributed by atoms with Crippen molar-refractivity contribution in [2.45, 2.75) is 38.5 Å². The van der Waals surface area contributed by atoms with Crippen molar-refractivity contribution in [1.82, 2.24) is 4.90 Å². The standard InChI is InChI=1S/C19H21NO3S2/c21-18-17(11-14-6-7-15-16(10-14)23-12-22-15)25-19(24)20(18)9-8-13-4-2-1-3-5-13/h6-7,10-11,13H,1-5,8-9,12H2/b17-11-. The highest BCUT2D eigenvalue weighted by atomic mass is 32.2. The largest absolute Gasteiger partial charge is 0.454 e. The predicted octanol–water partition coefficient (Wildman–Crippen LogP) is 4.59. The zero-order valence-electron chi connectivity index (χ0n) is 14.0. The maximum absolute atomic E-state index is 12.7. The first-order valence-corrected chi connectivity index (χ1v) is 10.1. The average Bonchev–Trinajstić information content (AvgIpc) is 3.19. The van der Waals surface area contributed by atoms with Crippen molar-refractivity contribution in [3.8, 4) is 11.5 Å². The molecule has 0 aromatic heterocycles. The zero-order chi connectivity index (χ0) is 17.2. The van der Waals surface area contributed by atoms with Crippen molar-refractivity contribution >= 4 is 40.3 Å². The number of rotatable bonds is 4. The molecule has 0 radical (unpaired) electrons. The van der Waals surface area contributed by atoms with Gasteiger partial charge in [-0.15, -0.1) is 0 Å². The van der Waals surface area contributed by atoms with Gasteiger partial charge in [0.2, 0.25) is 6.79 Å². The second-order valence-electron chi connectivity index (χ2n) is 6.74. The van der Waals surface area contributed by atoms with Crippen LogP contribution in [0.4, 0.5) is 0 Å². The second-order valence-corrected chi connectivity index (χ2v) is 8.41. The Bertz CT molecular complexity index is 725. The minimum absolute atomic E-state index is 0.0310. The lowest BCUT2D eigenvalue weighted by Crippen LogP contribution is -2.30. The molecule has 0 spiro atoms. The Morgan fingerprint density at radius 1 is 1.20 bits per heavy atom. The number of ether oxygens (including phenoxy) is 2. The van der Waals surface area contributed by atoms with Gasteiger partial charge in [0, 0.05) is 6.54 Å². The lowest BCUT2D eigenvalue weighted by molar-refractivity contribution is -0.122. The van der Waals surface area contributed by atoms with Crippen molar-refractivity contribution in [3.05, 3.63) is 28.7 Å². The van der Waals surface area contributed by atoms with E-state index in [2.05, 4.69) is 0 Å². The van der Waals surface area contributed by atoms with Gasteiger partial charge in [0.05, 0.1) is 4.91 Å². The summed E-state index contributed by atoms with van der Waals surface area (Å²) in [7, 11) is 0. The van der Waals surface area contributed by atoms with E-state index in [1.807, 2.05) is 24.3 Å². The third-order valence-corrected chi connectivity index (χ3v) is 6.43. The summed E-state index contributed by atoms with van der Waals surface area (Å²) >= 11 is 6.83. The van der Waals surface area contributed by atoms with Crippen LogP contribution in [0.1, 0.15) is 44.1 Å². The van der Waals surface area contributed by atoms with E-state index < -0.39 is 0 Å². The fourth-order valence-electron chi connectivity index (χ4n) is 3.63. The molecule has 132 valence electrons. The van der Waals surface area contributed by atoms with Crippen LogP contribution in [-0.2, 0) is 4.79 Å². The number of thiocarbonyl (C=S) groups is 1. The number of carbonyl (C=O) groups is 1. The van der Waals surface area contributed by atoms with E-state index in [1.165, 1.54) is 43.9 Å². The Hall–Kier alpha value is -1.53. The molecule has 6 heteroatoms. The Balaban J connectivity index is 1.43. The van der Waals surface area contributed by atoms with Gasteiger partial charge < -0.3 is 9.47 Å². The highest BCUT2D eigenvalue weighted by molar-refractivity contribution is 8.26. The third kappa shape index (κ3) is 3.70. The van der Waals surface area contributed by atoms with Crippen LogP contribution in [0.15, 0.2) is 23.1 Å². The number of thioether (sulfide) groups is 1. The summed E-state index contributed by atoms with van der Waals surface area (Å²) in [6, 6.07) is 5.71. The van der Waals surface area contributed by atoms with E-state index in [-0.39, 0.29) is 12.7 Å². The van der Waals surface area contributed by atoms with Crippen molar-refractivity contribution in [2.75, 3.05) is 13.3 Å². The molecule has 25 heavy (non-hydrogen) atoms. The molecule has 1 aliphatic carbocycles. The van der Waals surface area contributed by atoms with E-state index in [0.717, 1.165) is 35.9 Å². The fourth-order valence-corrected chi connectivity index (χ4v) is 4.94. The molecule has 4 nitrogen and oxygen atoms in total. The van der Waals surface area contributed by atoms with Crippen LogP contribution >= 0.6 is 24.0 Å². The first-order chi connectivity index (χ1) is 12.2. The Morgan fingerprint density at radius 2 is 2.00 bits per heavy atom. The molecule has 2 fully saturated rings. The van der Waals surface area contributed by atoms with Gasteiger partial charge in [0.1, 0.15) is 4.32 Å². The van der Waals surface area contributed by atoms with E-state index in [9.17, 15) is 4.79 Å². The first kappa shape index (κ1) is 16.9. The fraction of sp³-hybridized carbons (Fsp3) is 0.474. The maximum atomic E-state index is 12.7. The van der Waals surface area contributed by atoms with E-state index in [0.29, 0.717) is 9.23 Å². The van der Waals surface area contributed by atoms with E-state index in [1.54, 1.807) is 4.90 Å². The third-order valence-electron chi connectivity index (χ3n) is 5.05. The number of carbonyl (C=O) groups excluding carboxylic acids is 1. The smallest absolute Gasteiger partial charge is 0.266 e. The molecule has 0 N–H and O–H groups in total. The molecular formula is C19H21NO3S2. The normalized spacial score (nSPS) is 22.2. The number of nitrogens with zero attached hydrogens (tertiary/aromatic N) is 1. The van der Waals surface area contributed by atoms with Crippen LogP contribution in [0.2, 0.25) is 0 Å². The van der Waals surface area contributed by atoms with Crippen molar-refractivity contribution in [2.24, 2.45) is 5.92 Å². The van der Waals surface area contributed by atoms with Crippen LogP contribution < -0.4 is 9.47 Å². The summed E-state index contributed by atoms with van der Waals surface area (Å²) in [5, 5.41) is 0. The van der Waals surface area contributed by atoms with Crippen LogP contribution in [0.3, 0.4) is 0 Å². The molecule has 1 aromatic carbocycles. The molecule has 1 aromatic rings. The second kappa shape index (κ2) is 7.38. The van der Waals surface area contributed by atoms with Gasteiger partial charge in [-0.05, 0) is 36.1 Å². The molecule has 0 unspecified atom stereocenters. The van der Waals surface area contributed by atoms with Gasteiger partial charge in [-0.3, -0.25) is 9.69 Å². The number of hydrogen-bond acceptors (Lipinski definition) is 5. The van der Waals surface area contributed by atoms with Crippen LogP contribution in [0, 0.1) is 5.92 Å². The summed E-state index contributed by atoms with van der Waals surface area (Å²) in [4.78, 5) is 15.2. The lowest BCUT2D eigenvalue weighted by atomic mass is 9.87. The van der Waals surface area contributed by atoms with Crippen LogP contribution in [-0.4, -0.2) is 28.5 Å². The predicted molar refractivity (Wildman–Crippen MR) is 104 cm³/mol. The van der Waals surface area contributed by atoms with Gasteiger partial charge >= 0.3 is 0 Å². The molecule has 1 saturated carbocycles. The minimum atomic E-state index is 0.0310. The topological polar surface area (TPSA) is 38.8 Å². The lowest BCUT2D eigenvalue weighted by Gasteiger charge is -2.23. The van der Waals surface area contributed by atoms with Gasteiger partial charge in [0.15, 0.2) is 11.5 Å². The van der Waals surface area contributed by atoms with Crippen LogP contribution in [0.25, 0.3) is 6.08 Å². The quantitative estimate of drug-likeness (QED) is 0.569. The summed E-state index contributed by atoms with van der Waals surface area (Å²) in [6.45, 7) is 0.996. The van der Waals surface area contributed by atoms with Crippen molar-refractivity contribution in [3.63, 3.8) is 0 Å². The molecule has 1 amide bonds. The number of benzene rings is 1. The van der Waals surface area contributed by atoms with Gasteiger partial charge in [0.25, 0.3) is 5.91 Å². The Labute approximate surface area is 157 Å². The number of fused-ring (bicyclic) bond motifs is 1. The SMILES string of the molecule is O=C1/C(=C/c2ccc3c(c2)OCO3)SC(=S)N1CCC1CCCCC1. The highest BCUT2D eigenvalue weighted by Crippen LogP contribution is 2.37. The summed E-state index contributed by atoms with van der Waals surface area (Å²) in [6.07, 6.45) is 9.55. The number of hydrogen-bond donors (Lipinski definition) is 0. The summed E-state index contributed by atoms with van der Waals surface area (Å²) in [5.41, 5.74) is 0.928. The van der Waals surface area contributed by atoms with Crippen LogP contribution in [0.5, 0.6) is 11.5 Å².